The topological polar surface area (TPSA) is 55.1 Å². The monoisotopic (exact) mass is 410 g/mol. The molecule has 4 aromatic rings. The van der Waals surface area contributed by atoms with Crippen LogP contribution in [-0.4, -0.2) is 10.9 Å². The predicted molar refractivity (Wildman–Crippen MR) is 113 cm³/mol. The van der Waals surface area contributed by atoms with Gasteiger partial charge < -0.3 is 9.73 Å². The molecule has 1 N–H and O–H groups in total. The molecular weight excluding hydrogens is 395 g/mol. The molecule has 0 aliphatic carbocycles. The van der Waals surface area contributed by atoms with Gasteiger partial charge in [0.2, 0.25) is 5.89 Å². The molecule has 0 spiro atoms. The summed E-state index contributed by atoms with van der Waals surface area (Å²) in [5, 5.41) is 3.68. The maximum absolute atomic E-state index is 12.7. The Morgan fingerprint density at radius 1 is 1.00 bits per heavy atom. The summed E-state index contributed by atoms with van der Waals surface area (Å²) < 4.78 is 5.89. The number of benzene rings is 3. The summed E-state index contributed by atoms with van der Waals surface area (Å²) in [4.78, 5) is 17.3. The summed E-state index contributed by atoms with van der Waals surface area (Å²) in [5.74, 6) is 0.168. The quantitative estimate of drug-likeness (QED) is 0.410. The second-order valence-corrected chi connectivity index (χ2v) is 7.39. The van der Waals surface area contributed by atoms with Crippen molar-refractivity contribution in [2.45, 2.75) is 13.8 Å². The second kappa shape index (κ2) is 7.30. The zero-order valence-electron chi connectivity index (χ0n) is 15.2. The maximum atomic E-state index is 12.7. The van der Waals surface area contributed by atoms with E-state index in [4.69, 9.17) is 27.6 Å². The van der Waals surface area contributed by atoms with Gasteiger partial charge in [-0.05, 0) is 61.4 Å². The third-order valence-electron chi connectivity index (χ3n) is 4.53. The van der Waals surface area contributed by atoms with E-state index in [0.717, 1.165) is 27.8 Å². The van der Waals surface area contributed by atoms with E-state index >= 15 is 0 Å². The van der Waals surface area contributed by atoms with Crippen LogP contribution in [-0.2, 0) is 0 Å². The van der Waals surface area contributed by atoms with Crippen molar-refractivity contribution in [2.75, 3.05) is 5.32 Å². The van der Waals surface area contributed by atoms with Gasteiger partial charge in [-0.2, -0.15) is 0 Å². The molecule has 0 aliphatic rings. The number of oxazole rings is 1. The number of carbonyl (C=O) groups excluding carboxylic acids is 1. The number of hydrogen-bond acceptors (Lipinski definition) is 3. The van der Waals surface area contributed by atoms with E-state index in [0.29, 0.717) is 27.2 Å². The number of aryl methyl sites for hydroxylation is 2. The highest BCUT2D eigenvalue weighted by molar-refractivity contribution is 6.36. The van der Waals surface area contributed by atoms with Crippen molar-refractivity contribution >= 4 is 45.9 Å². The fraction of sp³-hybridized carbons (Fsp3) is 0.0909. The first-order chi connectivity index (χ1) is 13.4. The van der Waals surface area contributed by atoms with Gasteiger partial charge in [0, 0.05) is 16.3 Å². The molecule has 4 rings (SSSR count). The van der Waals surface area contributed by atoms with Gasteiger partial charge in [0.05, 0.1) is 10.6 Å². The molecule has 0 bridgehead atoms. The summed E-state index contributed by atoms with van der Waals surface area (Å²) in [7, 11) is 0. The number of halogens is 2. The number of amides is 1. The van der Waals surface area contributed by atoms with Gasteiger partial charge in [-0.3, -0.25) is 4.79 Å². The average Bonchev–Trinajstić information content (AvgIpc) is 3.11. The Labute approximate surface area is 172 Å². The van der Waals surface area contributed by atoms with Gasteiger partial charge in [-0.25, -0.2) is 4.98 Å². The Hall–Kier alpha value is -2.82. The fourth-order valence-corrected chi connectivity index (χ4v) is 3.34. The first kappa shape index (κ1) is 18.5. The lowest BCUT2D eigenvalue weighted by atomic mass is 10.1. The maximum Gasteiger partial charge on any atom is 0.257 e. The third kappa shape index (κ3) is 3.49. The molecule has 1 aromatic heterocycles. The zero-order valence-corrected chi connectivity index (χ0v) is 16.7. The first-order valence-corrected chi connectivity index (χ1v) is 9.41. The van der Waals surface area contributed by atoms with E-state index in [1.165, 1.54) is 0 Å². The molecule has 4 nitrogen and oxygen atoms in total. The Morgan fingerprint density at radius 3 is 2.61 bits per heavy atom. The SMILES string of the molecule is Cc1ccc(-c2nc3c(C)cccc3o2)cc1NC(=O)c1cc(Cl)ccc1Cl. The molecule has 0 unspecified atom stereocenters. The molecule has 0 aliphatic heterocycles. The van der Waals surface area contributed by atoms with Crippen LogP contribution in [0.5, 0.6) is 0 Å². The van der Waals surface area contributed by atoms with Crippen LogP contribution < -0.4 is 5.32 Å². The Kier molecular flexibility index (Phi) is 4.84. The van der Waals surface area contributed by atoms with Crippen LogP contribution in [0.3, 0.4) is 0 Å². The number of anilines is 1. The summed E-state index contributed by atoms with van der Waals surface area (Å²) in [5.41, 5.74) is 5.25. The van der Waals surface area contributed by atoms with E-state index in [9.17, 15) is 4.79 Å². The molecule has 6 heteroatoms. The molecular formula is C22H16Cl2N2O2. The zero-order chi connectivity index (χ0) is 19.8. The predicted octanol–water partition coefficient (Wildman–Crippen LogP) is 6.67. The number of nitrogens with one attached hydrogen (secondary N) is 1. The number of hydrogen-bond donors (Lipinski definition) is 1. The van der Waals surface area contributed by atoms with Crippen LogP contribution in [0.15, 0.2) is 59.0 Å². The van der Waals surface area contributed by atoms with Crippen LogP contribution in [0.4, 0.5) is 5.69 Å². The fourth-order valence-electron chi connectivity index (χ4n) is 2.96. The van der Waals surface area contributed by atoms with E-state index in [2.05, 4.69) is 10.3 Å². The van der Waals surface area contributed by atoms with Crippen LogP contribution in [0.25, 0.3) is 22.6 Å². The van der Waals surface area contributed by atoms with Gasteiger partial charge in [0.25, 0.3) is 5.91 Å². The Morgan fingerprint density at radius 2 is 1.82 bits per heavy atom. The van der Waals surface area contributed by atoms with Gasteiger partial charge in [-0.1, -0.05) is 41.4 Å². The van der Waals surface area contributed by atoms with E-state index < -0.39 is 0 Å². The number of rotatable bonds is 3. The molecule has 1 heterocycles. The van der Waals surface area contributed by atoms with Gasteiger partial charge >= 0.3 is 0 Å². The first-order valence-electron chi connectivity index (χ1n) is 8.66. The number of nitrogens with zero attached hydrogens (tertiary/aromatic N) is 1. The second-order valence-electron chi connectivity index (χ2n) is 6.55. The van der Waals surface area contributed by atoms with E-state index in [1.54, 1.807) is 18.2 Å². The van der Waals surface area contributed by atoms with Crippen LogP contribution in [0, 0.1) is 13.8 Å². The molecule has 1 amide bonds. The highest BCUT2D eigenvalue weighted by Crippen LogP contribution is 2.30. The number of fused-ring (bicyclic) bond motifs is 1. The molecule has 3 aromatic carbocycles. The van der Waals surface area contributed by atoms with Crippen LogP contribution in [0.1, 0.15) is 21.5 Å². The van der Waals surface area contributed by atoms with Crippen molar-refractivity contribution in [3.8, 4) is 11.5 Å². The molecule has 28 heavy (non-hydrogen) atoms. The van der Waals surface area contributed by atoms with Crippen molar-refractivity contribution < 1.29 is 9.21 Å². The number of aromatic nitrogens is 1. The molecule has 0 atom stereocenters. The minimum absolute atomic E-state index is 0.316. The summed E-state index contributed by atoms with van der Waals surface area (Å²) >= 11 is 12.1. The van der Waals surface area contributed by atoms with Gasteiger partial charge in [0.15, 0.2) is 5.58 Å². The lowest BCUT2D eigenvalue weighted by molar-refractivity contribution is 0.102. The van der Waals surface area contributed by atoms with Crippen LogP contribution in [0.2, 0.25) is 10.0 Å². The Bertz CT molecular complexity index is 1210. The average molecular weight is 411 g/mol. The largest absolute Gasteiger partial charge is 0.436 e. The van der Waals surface area contributed by atoms with E-state index in [-0.39, 0.29) is 5.91 Å². The highest BCUT2D eigenvalue weighted by Gasteiger charge is 2.15. The van der Waals surface area contributed by atoms with E-state index in [1.807, 2.05) is 50.2 Å². The van der Waals surface area contributed by atoms with Gasteiger partial charge in [0.1, 0.15) is 5.52 Å². The Balaban J connectivity index is 1.69. The van der Waals surface area contributed by atoms with Crippen molar-refractivity contribution in [3.63, 3.8) is 0 Å². The molecule has 0 radical (unpaired) electrons. The normalized spacial score (nSPS) is 11.0. The lowest BCUT2D eigenvalue weighted by Crippen LogP contribution is -2.13. The molecule has 0 saturated heterocycles. The van der Waals surface area contributed by atoms with Crippen molar-refractivity contribution in [1.29, 1.82) is 0 Å². The standard InChI is InChI=1S/C22H16Cl2N2O2/c1-12-6-7-14(22-26-20-13(2)4-3-5-19(20)28-22)10-18(12)25-21(27)16-11-15(23)8-9-17(16)24/h3-11H,1-2H3,(H,25,27). The minimum atomic E-state index is -0.332. The summed E-state index contributed by atoms with van der Waals surface area (Å²) in [6.45, 7) is 3.90. The van der Waals surface area contributed by atoms with Gasteiger partial charge in [-0.15, -0.1) is 0 Å². The minimum Gasteiger partial charge on any atom is -0.436 e. The summed E-state index contributed by atoms with van der Waals surface area (Å²) in [6, 6.07) is 16.3. The highest BCUT2D eigenvalue weighted by atomic mass is 35.5. The van der Waals surface area contributed by atoms with Crippen molar-refractivity contribution in [2.24, 2.45) is 0 Å². The molecule has 140 valence electrons. The number of para-hydroxylation sites is 1. The molecule has 0 fully saturated rings. The van der Waals surface area contributed by atoms with Crippen LogP contribution >= 0.6 is 23.2 Å². The number of carbonyl (C=O) groups is 1. The van der Waals surface area contributed by atoms with Crippen molar-refractivity contribution in [1.82, 2.24) is 4.98 Å². The lowest BCUT2D eigenvalue weighted by Gasteiger charge is -2.11. The third-order valence-corrected chi connectivity index (χ3v) is 5.09. The van der Waals surface area contributed by atoms with Crippen molar-refractivity contribution in [3.05, 3.63) is 81.3 Å². The summed E-state index contributed by atoms with van der Waals surface area (Å²) in [6.07, 6.45) is 0. The smallest absolute Gasteiger partial charge is 0.257 e. The molecule has 0 saturated carbocycles.